The third-order valence-corrected chi connectivity index (χ3v) is 6.34. The van der Waals surface area contributed by atoms with Gasteiger partial charge in [-0.3, -0.25) is 0 Å². The van der Waals surface area contributed by atoms with Crippen LogP contribution in [-0.2, 0) is 0 Å². The Bertz CT molecular complexity index is 312. The van der Waals surface area contributed by atoms with Gasteiger partial charge in [-0.15, -0.1) is 0 Å². The van der Waals surface area contributed by atoms with Gasteiger partial charge in [0.05, 0.1) is 6.07 Å². The molecule has 4 saturated carbocycles. The minimum Gasteiger partial charge on any atom is -0.198 e. The summed E-state index contributed by atoms with van der Waals surface area (Å²) in [4.78, 5) is 0. The van der Waals surface area contributed by atoms with E-state index in [1.54, 1.807) is 0 Å². The van der Waals surface area contributed by atoms with Gasteiger partial charge < -0.3 is 0 Å². The average molecular weight is 231 g/mol. The molecule has 0 atom stereocenters. The van der Waals surface area contributed by atoms with Crippen molar-refractivity contribution < 1.29 is 0 Å². The molecule has 0 N–H and O–H groups in total. The van der Waals surface area contributed by atoms with Crippen LogP contribution in [0.2, 0.25) is 0 Å². The van der Waals surface area contributed by atoms with Crippen molar-refractivity contribution in [3.05, 3.63) is 0 Å². The number of rotatable bonds is 3. The fourth-order valence-electron chi connectivity index (χ4n) is 5.57. The molecule has 17 heavy (non-hydrogen) atoms. The molecule has 4 fully saturated rings. The largest absolute Gasteiger partial charge is 0.198 e. The van der Waals surface area contributed by atoms with Crippen molar-refractivity contribution in [3.63, 3.8) is 0 Å². The lowest BCUT2D eigenvalue weighted by Gasteiger charge is -2.62. The van der Waals surface area contributed by atoms with Crippen molar-refractivity contribution in [3.8, 4) is 6.07 Å². The second kappa shape index (κ2) is 3.74. The second-order valence-electron chi connectivity index (χ2n) is 7.74. The van der Waals surface area contributed by atoms with Crippen LogP contribution in [0.25, 0.3) is 0 Å². The van der Waals surface area contributed by atoms with Crippen LogP contribution in [0, 0.1) is 39.9 Å². The van der Waals surface area contributed by atoms with Crippen LogP contribution in [0.15, 0.2) is 0 Å². The van der Waals surface area contributed by atoms with Gasteiger partial charge in [-0.1, -0.05) is 13.8 Å². The van der Waals surface area contributed by atoms with Crippen LogP contribution < -0.4 is 0 Å². The van der Waals surface area contributed by atoms with Gasteiger partial charge in [-0.25, -0.2) is 0 Å². The molecule has 0 aromatic heterocycles. The quantitative estimate of drug-likeness (QED) is 0.700. The predicted octanol–water partition coefficient (Wildman–Crippen LogP) is 4.53. The number of nitriles is 1. The Kier molecular flexibility index (Phi) is 2.55. The average Bonchev–Trinajstić information content (AvgIpc) is 2.24. The van der Waals surface area contributed by atoms with Gasteiger partial charge in [-0.05, 0) is 73.5 Å². The Hall–Kier alpha value is -0.510. The van der Waals surface area contributed by atoms with E-state index in [1.165, 1.54) is 38.5 Å². The van der Waals surface area contributed by atoms with Crippen molar-refractivity contribution in [2.45, 2.75) is 65.2 Å². The molecule has 0 spiro atoms. The van der Waals surface area contributed by atoms with Gasteiger partial charge >= 0.3 is 0 Å². The summed E-state index contributed by atoms with van der Waals surface area (Å²) in [5.41, 5.74) is 0.983. The summed E-state index contributed by atoms with van der Waals surface area (Å²) in [6, 6.07) is 2.36. The highest BCUT2D eigenvalue weighted by Crippen LogP contribution is 2.66. The van der Waals surface area contributed by atoms with E-state index in [9.17, 15) is 0 Å². The minimum absolute atomic E-state index is 0.388. The standard InChI is InChI=1S/C16H25N/c1-15(2,4-3-5-17)16-9-12-6-13(10-16)8-14(7-12)11-16/h12-14H,3-4,6-11H2,1-2H3. The van der Waals surface area contributed by atoms with Gasteiger partial charge in [0.2, 0.25) is 0 Å². The monoisotopic (exact) mass is 231 g/mol. The summed E-state index contributed by atoms with van der Waals surface area (Å²) in [5, 5.41) is 8.86. The molecule has 0 heterocycles. The Morgan fingerprint density at radius 3 is 1.94 bits per heavy atom. The summed E-state index contributed by atoms with van der Waals surface area (Å²) in [5.74, 6) is 3.09. The van der Waals surface area contributed by atoms with E-state index >= 15 is 0 Å². The minimum atomic E-state index is 0.388. The van der Waals surface area contributed by atoms with Gasteiger partial charge in [0.1, 0.15) is 0 Å². The van der Waals surface area contributed by atoms with Gasteiger partial charge in [-0.2, -0.15) is 5.26 Å². The maximum atomic E-state index is 8.86. The molecule has 4 bridgehead atoms. The van der Waals surface area contributed by atoms with E-state index in [1.807, 2.05) is 0 Å². The lowest BCUT2D eigenvalue weighted by molar-refractivity contribution is -0.121. The lowest BCUT2D eigenvalue weighted by atomic mass is 9.43. The van der Waals surface area contributed by atoms with Crippen LogP contribution >= 0.6 is 0 Å². The van der Waals surface area contributed by atoms with Gasteiger partial charge in [0, 0.05) is 6.42 Å². The summed E-state index contributed by atoms with van der Waals surface area (Å²) in [6.07, 6.45) is 10.8. The molecular formula is C16H25N. The molecule has 0 amide bonds. The predicted molar refractivity (Wildman–Crippen MR) is 69.2 cm³/mol. The molecule has 4 aliphatic rings. The first-order valence-corrected chi connectivity index (χ1v) is 7.42. The Morgan fingerprint density at radius 1 is 1.06 bits per heavy atom. The highest BCUT2D eigenvalue weighted by Gasteiger charge is 2.56. The molecule has 0 aromatic rings. The molecule has 1 nitrogen and oxygen atoms in total. The number of hydrogen-bond acceptors (Lipinski definition) is 1. The van der Waals surface area contributed by atoms with Gasteiger partial charge in [0.15, 0.2) is 0 Å². The molecule has 0 aliphatic heterocycles. The molecule has 0 saturated heterocycles. The third kappa shape index (κ3) is 1.72. The molecular weight excluding hydrogens is 206 g/mol. The van der Waals surface area contributed by atoms with Crippen molar-refractivity contribution in [2.75, 3.05) is 0 Å². The Labute approximate surface area is 106 Å². The first-order valence-electron chi connectivity index (χ1n) is 7.42. The zero-order chi connectivity index (χ0) is 12.1. The fourth-order valence-corrected chi connectivity index (χ4v) is 5.57. The van der Waals surface area contributed by atoms with E-state index in [4.69, 9.17) is 5.26 Å². The lowest BCUT2D eigenvalue weighted by Crippen LogP contribution is -2.52. The smallest absolute Gasteiger partial charge is 0.0621 e. The Morgan fingerprint density at radius 2 is 1.53 bits per heavy atom. The van der Waals surface area contributed by atoms with Gasteiger partial charge in [0.25, 0.3) is 0 Å². The summed E-state index contributed by atoms with van der Waals surface area (Å²) >= 11 is 0. The zero-order valence-corrected chi connectivity index (χ0v) is 11.3. The first kappa shape index (κ1) is 11.6. The zero-order valence-electron chi connectivity index (χ0n) is 11.3. The molecule has 0 radical (unpaired) electrons. The molecule has 0 unspecified atom stereocenters. The Balaban J connectivity index is 1.84. The maximum Gasteiger partial charge on any atom is 0.0621 e. The number of nitrogens with zero attached hydrogens (tertiary/aromatic N) is 1. The normalized spacial score (nSPS) is 43.7. The topological polar surface area (TPSA) is 23.8 Å². The highest BCUT2D eigenvalue weighted by molar-refractivity contribution is 5.07. The maximum absolute atomic E-state index is 8.86. The van der Waals surface area contributed by atoms with Crippen molar-refractivity contribution in [2.24, 2.45) is 28.6 Å². The summed E-state index contributed by atoms with van der Waals surface area (Å²) < 4.78 is 0. The fraction of sp³-hybridized carbons (Fsp3) is 0.938. The van der Waals surface area contributed by atoms with E-state index in [0.29, 0.717) is 10.8 Å². The van der Waals surface area contributed by atoms with Crippen molar-refractivity contribution >= 4 is 0 Å². The second-order valence-corrected chi connectivity index (χ2v) is 7.74. The first-order chi connectivity index (χ1) is 8.05. The van der Waals surface area contributed by atoms with E-state index < -0.39 is 0 Å². The highest BCUT2D eigenvalue weighted by atomic mass is 14.6. The van der Waals surface area contributed by atoms with Crippen LogP contribution in [0.3, 0.4) is 0 Å². The molecule has 4 aliphatic carbocycles. The molecule has 1 heteroatoms. The molecule has 4 rings (SSSR count). The molecule has 94 valence electrons. The van der Waals surface area contributed by atoms with E-state index in [0.717, 1.165) is 30.6 Å². The van der Waals surface area contributed by atoms with Crippen LogP contribution in [0.1, 0.15) is 65.2 Å². The summed E-state index contributed by atoms with van der Waals surface area (Å²) in [7, 11) is 0. The third-order valence-electron chi connectivity index (χ3n) is 6.34. The number of hydrogen-bond donors (Lipinski definition) is 0. The van der Waals surface area contributed by atoms with E-state index in [-0.39, 0.29) is 0 Å². The summed E-state index contributed by atoms with van der Waals surface area (Å²) in [6.45, 7) is 4.88. The van der Waals surface area contributed by atoms with Crippen LogP contribution in [0.5, 0.6) is 0 Å². The van der Waals surface area contributed by atoms with Crippen molar-refractivity contribution in [1.82, 2.24) is 0 Å². The molecule has 0 aromatic carbocycles. The van der Waals surface area contributed by atoms with Crippen LogP contribution in [0.4, 0.5) is 0 Å². The SMILES string of the molecule is CC(C)(CCC#N)C12CC3CC(CC(C3)C1)C2. The van der Waals surface area contributed by atoms with E-state index in [2.05, 4.69) is 19.9 Å². The van der Waals surface area contributed by atoms with Crippen molar-refractivity contribution in [1.29, 1.82) is 5.26 Å². The van der Waals surface area contributed by atoms with Crippen LogP contribution in [-0.4, -0.2) is 0 Å².